The lowest BCUT2D eigenvalue weighted by atomic mass is 10.5. The van der Waals surface area contributed by atoms with Crippen molar-refractivity contribution in [2.75, 3.05) is 47.5 Å². The number of esters is 1. The standard InChI is InChI=1S/C10H19N3O5/c1-13(7-9(15)18-3)6-8(14)12-10(16)11-4-5-17-2/h4-7H2,1-3H3,(H2,11,12,14,16). The Bertz CT molecular complexity index is 295. The third-order valence-electron chi connectivity index (χ3n) is 1.88. The largest absolute Gasteiger partial charge is 0.468 e. The van der Waals surface area contributed by atoms with E-state index in [-0.39, 0.29) is 13.1 Å². The van der Waals surface area contributed by atoms with Gasteiger partial charge in [0.2, 0.25) is 5.91 Å². The van der Waals surface area contributed by atoms with Crippen molar-refractivity contribution in [3.05, 3.63) is 0 Å². The van der Waals surface area contributed by atoms with Crippen LogP contribution in [0.5, 0.6) is 0 Å². The summed E-state index contributed by atoms with van der Waals surface area (Å²) >= 11 is 0. The van der Waals surface area contributed by atoms with Crippen molar-refractivity contribution in [3.63, 3.8) is 0 Å². The molecule has 0 aromatic rings. The van der Waals surface area contributed by atoms with Gasteiger partial charge in [0.1, 0.15) is 0 Å². The third-order valence-corrected chi connectivity index (χ3v) is 1.88. The lowest BCUT2D eigenvalue weighted by Gasteiger charge is -2.14. The molecule has 0 spiro atoms. The highest BCUT2D eigenvalue weighted by atomic mass is 16.5. The molecule has 0 heterocycles. The fourth-order valence-electron chi connectivity index (χ4n) is 1.06. The van der Waals surface area contributed by atoms with Crippen molar-refractivity contribution in [3.8, 4) is 0 Å². The molecule has 0 aliphatic carbocycles. The van der Waals surface area contributed by atoms with Crippen LogP contribution in [0.1, 0.15) is 0 Å². The van der Waals surface area contributed by atoms with Crippen LogP contribution in [0.3, 0.4) is 0 Å². The Labute approximate surface area is 106 Å². The van der Waals surface area contributed by atoms with Crippen molar-refractivity contribution in [2.24, 2.45) is 0 Å². The highest BCUT2D eigenvalue weighted by molar-refractivity contribution is 5.95. The van der Waals surface area contributed by atoms with Crippen molar-refractivity contribution in [2.45, 2.75) is 0 Å². The van der Waals surface area contributed by atoms with Gasteiger partial charge in [-0.05, 0) is 7.05 Å². The molecule has 0 fully saturated rings. The van der Waals surface area contributed by atoms with E-state index in [0.717, 1.165) is 0 Å². The Kier molecular flexibility index (Phi) is 8.50. The minimum Gasteiger partial charge on any atom is -0.468 e. The van der Waals surface area contributed by atoms with Crippen LogP contribution in [0.15, 0.2) is 0 Å². The van der Waals surface area contributed by atoms with Crippen LogP contribution in [-0.4, -0.2) is 70.3 Å². The number of hydrogen-bond acceptors (Lipinski definition) is 6. The molecule has 0 aromatic heterocycles. The SMILES string of the molecule is COCCNC(=O)NC(=O)CN(C)CC(=O)OC. The minimum atomic E-state index is -0.594. The Morgan fingerprint density at radius 2 is 1.83 bits per heavy atom. The van der Waals surface area contributed by atoms with Gasteiger partial charge in [-0.1, -0.05) is 0 Å². The molecule has 0 aliphatic heterocycles. The van der Waals surface area contributed by atoms with Gasteiger partial charge in [-0.15, -0.1) is 0 Å². The molecule has 0 rings (SSSR count). The molecule has 8 heteroatoms. The van der Waals surface area contributed by atoms with E-state index >= 15 is 0 Å². The van der Waals surface area contributed by atoms with Gasteiger partial charge in [0.15, 0.2) is 0 Å². The molecule has 8 nitrogen and oxygen atoms in total. The molecule has 0 unspecified atom stereocenters. The van der Waals surface area contributed by atoms with Gasteiger partial charge in [-0.2, -0.15) is 0 Å². The van der Waals surface area contributed by atoms with Crippen LogP contribution < -0.4 is 10.6 Å². The summed E-state index contributed by atoms with van der Waals surface area (Å²) in [5, 5.41) is 4.56. The zero-order valence-electron chi connectivity index (χ0n) is 10.8. The summed E-state index contributed by atoms with van der Waals surface area (Å²) in [4.78, 5) is 34.9. The molecule has 0 saturated heterocycles. The Hall–Kier alpha value is -1.67. The summed E-state index contributed by atoms with van der Waals surface area (Å²) in [5.74, 6) is -0.953. The lowest BCUT2D eigenvalue weighted by Crippen LogP contribution is -2.45. The van der Waals surface area contributed by atoms with Gasteiger partial charge in [0.25, 0.3) is 0 Å². The smallest absolute Gasteiger partial charge is 0.321 e. The summed E-state index contributed by atoms with van der Waals surface area (Å²) < 4.78 is 9.17. The normalized spacial score (nSPS) is 10.0. The summed E-state index contributed by atoms with van der Waals surface area (Å²) in [6, 6.07) is -0.594. The van der Waals surface area contributed by atoms with Crippen LogP contribution in [0.4, 0.5) is 4.79 Å². The Morgan fingerprint density at radius 1 is 1.17 bits per heavy atom. The number of amides is 3. The van der Waals surface area contributed by atoms with E-state index in [1.807, 2.05) is 0 Å². The van der Waals surface area contributed by atoms with Gasteiger partial charge in [-0.3, -0.25) is 19.8 Å². The average Bonchev–Trinajstić information content (AvgIpc) is 2.28. The maximum Gasteiger partial charge on any atom is 0.321 e. The van der Waals surface area contributed by atoms with E-state index < -0.39 is 17.9 Å². The van der Waals surface area contributed by atoms with Crippen molar-refractivity contribution in [1.82, 2.24) is 15.5 Å². The number of nitrogens with zero attached hydrogens (tertiary/aromatic N) is 1. The number of urea groups is 1. The molecule has 3 amide bonds. The number of carbonyl (C=O) groups is 3. The third kappa shape index (κ3) is 8.48. The number of carbonyl (C=O) groups excluding carboxylic acids is 3. The predicted molar refractivity (Wildman–Crippen MR) is 62.9 cm³/mol. The van der Waals surface area contributed by atoms with E-state index in [4.69, 9.17) is 4.74 Å². The first-order valence-corrected chi connectivity index (χ1v) is 5.31. The zero-order chi connectivity index (χ0) is 14.0. The van der Waals surface area contributed by atoms with Crippen LogP contribution in [0.25, 0.3) is 0 Å². The molecule has 2 N–H and O–H groups in total. The average molecular weight is 261 g/mol. The maximum absolute atomic E-state index is 11.4. The van der Waals surface area contributed by atoms with Gasteiger partial charge < -0.3 is 14.8 Å². The van der Waals surface area contributed by atoms with E-state index in [0.29, 0.717) is 13.2 Å². The summed E-state index contributed by atoms with van der Waals surface area (Å²) in [6.45, 7) is 0.583. The van der Waals surface area contributed by atoms with Crippen LogP contribution >= 0.6 is 0 Å². The Morgan fingerprint density at radius 3 is 2.39 bits per heavy atom. The summed E-state index contributed by atoms with van der Waals surface area (Å²) in [7, 11) is 4.34. The number of imide groups is 1. The number of ether oxygens (including phenoxy) is 2. The molecule has 0 aromatic carbocycles. The van der Waals surface area contributed by atoms with Gasteiger partial charge in [-0.25, -0.2) is 4.79 Å². The van der Waals surface area contributed by atoms with Crippen LogP contribution in [0, 0.1) is 0 Å². The first kappa shape index (κ1) is 16.3. The van der Waals surface area contributed by atoms with Gasteiger partial charge >= 0.3 is 12.0 Å². The molecule has 18 heavy (non-hydrogen) atoms. The second-order valence-corrected chi connectivity index (χ2v) is 3.55. The fraction of sp³-hybridized carbons (Fsp3) is 0.700. The Balaban J connectivity index is 3.81. The number of likely N-dealkylation sites (N-methyl/N-ethyl adjacent to an activating group) is 1. The number of nitrogens with one attached hydrogen (secondary N) is 2. The number of methoxy groups -OCH3 is 2. The molecular weight excluding hydrogens is 242 g/mol. The number of rotatable bonds is 7. The van der Waals surface area contributed by atoms with Crippen molar-refractivity contribution < 1.29 is 23.9 Å². The van der Waals surface area contributed by atoms with E-state index in [1.54, 1.807) is 7.05 Å². The predicted octanol–water partition coefficient (Wildman–Crippen LogP) is -1.44. The summed E-state index contributed by atoms with van der Waals surface area (Å²) in [6.07, 6.45) is 0. The van der Waals surface area contributed by atoms with E-state index in [1.165, 1.54) is 19.1 Å². The molecule has 0 atom stereocenters. The van der Waals surface area contributed by atoms with Crippen molar-refractivity contribution >= 4 is 17.9 Å². The fourth-order valence-corrected chi connectivity index (χ4v) is 1.06. The molecular formula is C10H19N3O5. The number of hydrogen-bond donors (Lipinski definition) is 2. The highest BCUT2D eigenvalue weighted by Gasteiger charge is 2.12. The second-order valence-electron chi connectivity index (χ2n) is 3.55. The highest BCUT2D eigenvalue weighted by Crippen LogP contribution is 1.84. The lowest BCUT2D eigenvalue weighted by molar-refractivity contribution is -0.141. The first-order chi connectivity index (χ1) is 8.49. The monoisotopic (exact) mass is 261 g/mol. The zero-order valence-corrected chi connectivity index (χ0v) is 10.8. The van der Waals surface area contributed by atoms with Gasteiger partial charge in [0, 0.05) is 13.7 Å². The second kappa shape index (κ2) is 9.37. The molecule has 104 valence electrons. The maximum atomic E-state index is 11.4. The van der Waals surface area contributed by atoms with Crippen molar-refractivity contribution in [1.29, 1.82) is 0 Å². The molecule has 0 saturated carbocycles. The molecule has 0 aliphatic rings. The van der Waals surface area contributed by atoms with Crippen LogP contribution in [-0.2, 0) is 19.1 Å². The molecule has 0 bridgehead atoms. The van der Waals surface area contributed by atoms with Gasteiger partial charge in [0.05, 0.1) is 26.8 Å². The quantitative estimate of drug-likeness (QED) is 0.430. The minimum absolute atomic E-state index is 0.0186. The van der Waals surface area contributed by atoms with E-state index in [2.05, 4.69) is 15.4 Å². The molecule has 0 radical (unpaired) electrons. The van der Waals surface area contributed by atoms with Crippen LogP contribution in [0.2, 0.25) is 0 Å². The van der Waals surface area contributed by atoms with E-state index in [9.17, 15) is 14.4 Å². The summed E-state index contributed by atoms with van der Waals surface area (Å²) in [5.41, 5.74) is 0. The first-order valence-electron chi connectivity index (χ1n) is 5.31. The topological polar surface area (TPSA) is 97.0 Å².